The van der Waals surface area contributed by atoms with Gasteiger partial charge in [-0.15, -0.1) is 0 Å². The number of ether oxygens (including phenoxy) is 1. The zero-order valence-corrected chi connectivity index (χ0v) is 11.0. The average molecular weight is 242 g/mol. The minimum Gasteiger partial charge on any atom is -0.457 e. The van der Waals surface area contributed by atoms with Gasteiger partial charge in [0.2, 0.25) is 0 Å². The van der Waals surface area contributed by atoms with Gasteiger partial charge in [-0.2, -0.15) is 0 Å². The number of hydrogen-bond donors (Lipinski definition) is 0. The first kappa shape index (κ1) is 14.0. The molecule has 0 spiro atoms. The second-order valence-corrected chi connectivity index (χ2v) is 3.50. The van der Waals surface area contributed by atoms with Gasteiger partial charge >= 0.3 is 0 Å². The standard InChI is InChI=1S/C14H12O2.C2H6/c1-11(15)12-6-5-9-14(10-12)16-13-7-3-2-4-8-13;1-2/h2-10H,1H3;1-2H3. The molecule has 0 aliphatic heterocycles. The van der Waals surface area contributed by atoms with Crippen LogP contribution in [0.5, 0.6) is 11.5 Å². The molecule has 0 heterocycles. The smallest absolute Gasteiger partial charge is 0.159 e. The lowest BCUT2D eigenvalue weighted by atomic mass is 10.1. The second-order valence-electron chi connectivity index (χ2n) is 3.50. The van der Waals surface area contributed by atoms with E-state index in [1.54, 1.807) is 19.1 Å². The first-order chi connectivity index (χ1) is 8.75. The van der Waals surface area contributed by atoms with Gasteiger partial charge < -0.3 is 4.74 Å². The summed E-state index contributed by atoms with van der Waals surface area (Å²) in [5, 5.41) is 0. The molecule has 0 bridgehead atoms. The van der Waals surface area contributed by atoms with Crippen LogP contribution in [0, 0.1) is 0 Å². The van der Waals surface area contributed by atoms with Gasteiger partial charge in [-0.05, 0) is 31.2 Å². The molecule has 94 valence electrons. The van der Waals surface area contributed by atoms with Gasteiger partial charge in [0.15, 0.2) is 5.78 Å². The van der Waals surface area contributed by atoms with Crippen molar-refractivity contribution in [1.29, 1.82) is 0 Å². The van der Waals surface area contributed by atoms with Crippen LogP contribution < -0.4 is 4.74 Å². The monoisotopic (exact) mass is 242 g/mol. The Hall–Kier alpha value is -2.09. The van der Waals surface area contributed by atoms with Crippen molar-refractivity contribution < 1.29 is 9.53 Å². The van der Waals surface area contributed by atoms with E-state index < -0.39 is 0 Å². The zero-order valence-electron chi connectivity index (χ0n) is 11.0. The number of rotatable bonds is 3. The van der Waals surface area contributed by atoms with Crippen molar-refractivity contribution in [3.8, 4) is 11.5 Å². The molecule has 2 rings (SSSR count). The fraction of sp³-hybridized carbons (Fsp3) is 0.188. The second kappa shape index (κ2) is 7.28. The zero-order chi connectivity index (χ0) is 13.4. The van der Waals surface area contributed by atoms with E-state index in [0.29, 0.717) is 11.3 Å². The largest absolute Gasteiger partial charge is 0.457 e. The van der Waals surface area contributed by atoms with E-state index in [0.717, 1.165) is 5.75 Å². The Kier molecular flexibility index (Phi) is 5.65. The summed E-state index contributed by atoms with van der Waals surface area (Å²) in [6, 6.07) is 16.7. The molecule has 2 aromatic rings. The number of benzene rings is 2. The fourth-order valence-corrected chi connectivity index (χ4v) is 1.40. The number of carbonyl (C=O) groups excluding carboxylic acids is 1. The maximum Gasteiger partial charge on any atom is 0.159 e. The molecule has 18 heavy (non-hydrogen) atoms. The fourth-order valence-electron chi connectivity index (χ4n) is 1.40. The maximum atomic E-state index is 11.2. The van der Waals surface area contributed by atoms with Crippen LogP contribution in [-0.4, -0.2) is 5.78 Å². The van der Waals surface area contributed by atoms with E-state index in [-0.39, 0.29) is 5.78 Å². The van der Waals surface area contributed by atoms with Gasteiger partial charge in [0, 0.05) is 5.56 Å². The molecular weight excluding hydrogens is 224 g/mol. The van der Waals surface area contributed by atoms with Gasteiger partial charge in [0.25, 0.3) is 0 Å². The third-order valence-corrected chi connectivity index (χ3v) is 2.22. The number of ketones is 1. The molecule has 0 radical (unpaired) electrons. The Morgan fingerprint density at radius 3 is 2.11 bits per heavy atom. The lowest BCUT2D eigenvalue weighted by Gasteiger charge is -2.05. The van der Waals surface area contributed by atoms with E-state index in [1.165, 1.54) is 0 Å². The topological polar surface area (TPSA) is 26.3 Å². The summed E-state index contributed by atoms with van der Waals surface area (Å²) in [6.07, 6.45) is 0. The number of para-hydroxylation sites is 1. The van der Waals surface area contributed by atoms with Crippen LogP contribution in [0.1, 0.15) is 31.1 Å². The molecule has 0 atom stereocenters. The summed E-state index contributed by atoms with van der Waals surface area (Å²) in [5.74, 6) is 1.49. The molecule has 0 fully saturated rings. The van der Waals surface area contributed by atoms with Gasteiger partial charge in [0.05, 0.1) is 0 Å². The molecule has 0 saturated carbocycles. The molecule has 0 amide bonds. The van der Waals surface area contributed by atoms with Crippen molar-refractivity contribution in [3.63, 3.8) is 0 Å². The minimum atomic E-state index is 0.0403. The molecule has 2 heteroatoms. The Bertz CT molecular complexity index is 489. The first-order valence-corrected chi connectivity index (χ1v) is 6.09. The summed E-state index contributed by atoms with van der Waals surface area (Å²) >= 11 is 0. The van der Waals surface area contributed by atoms with Crippen LogP contribution in [0.2, 0.25) is 0 Å². The van der Waals surface area contributed by atoms with E-state index in [2.05, 4.69) is 0 Å². The molecule has 0 N–H and O–H groups in total. The van der Waals surface area contributed by atoms with Gasteiger partial charge in [0.1, 0.15) is 11.5 Å². The summed E-state index contributed by atoms with van der Waals surface area (Å²) in [6.45, 7) is 5.54. The molecule has 0 aliphatic carbocycles. The summed E-state index contributed by atoms with van der Waals surface area (Å²) in [7, 11) is 0. The Morgan fingerprint density at radius 1 is 0.889 bits per heavy atom. The number of hydrogen-bond acceptors (Lipinski definition) is 2. The molecule has 0 unspecified atom stereocenters. The van der Waals surface area contributed by atoms with Crippen LogP contribution in [0.4, 0.5) is 0 Å². The molecule has 0 saturated heterocycles. The van der Waals surface area contributed by atoms with Crippen LogP contribution in [0.15, 0.2) is 54.6 Å². The lowest BCUT2D eigenvalue weighted by molar-refractivity contribution is 0.101. The van der Waals surface area contributed by atoms with Crippen molar-refractivity contribution in [2.75, 3.05) is 0 Å². The first-order valence-electron chi connectivity index (χ1n) is 6.09. The lowest BCUT2D eigenvalue weighted by Crippen LogP contribution is -1.92. The highest BCUT2D eigenvalue weighted by atomic mass is 16.5. The van der Waals surface area contributed by atoms with Gasteiger partial charge in [-0.1, -0.05) is 44.2 Å². The van der Waals surface area contributed by atoms with Crippen molar-refractivity contribution in [2.45, 2.75) is 20.8 Å². The highest BCUT2D eigenvalue weighted by Crippen LogP contribution is 2.21. The van der Waals surface area contributed by atoms with Gasteiger partial charge in [-0.25, -0.2) is 0 Å². The number of Topliss-reactive ketones (excluding diaryl/α,β-unsaturated/α-hetero) is 1. The summed E-state index contributed by atoms with van der Waals surface area (Å²) < 4.78 is 5.62. The molecule has 0 aromatic heterocycles. The van der Waals surface area contributed by atoms with Gasteiger partial charge in [-0.3, -0.25) is 4.79 Å². The Labute approximate surface area is 108 Å². The van der Waals surface area contributed by atoms with Crippen LogP contribution in [0.25, 0.3) is 0 Å². The predicted octanol–water partition coefficient (Wildman–Crippen LogP) is 4.71. The van der Waals surface area contributed by atoms with E-state index in [4.69, 9.17) is 4.74 Å². The van der Waals surface area contributed by atoms with E-state index in [9.17, 15) is 4.79 Å². The normalized spacial score (nSPS) is 9.06. The average Bonchev–Trinajstić information content (AvgIpc) is 2.42. The SMILES string of the molecule is CC.CC(=O)c1cccc(Oc2ccccc2)c1. The third kappa shape index (κ3) is 4.06. The van der Waals surface area contributed by atoms with Crippen molar-refractivity contribution >= 4 is 5.78 Å². The van der Waals surface area contributed by atoms with Crippen LogP contribution in [-0.2, 0) is 0 Å². The summed E-state index contributed by atoms with van der Waals surface area (Å²) in [5.41, 5.74) is 0.661. The molecule has 0 aliphatic rings. The van der Waals surface area contributed by atoms with E-state index >= 15 is 0 Å². The van der Waals surface area contributed by atoms with Crippen molar-refractivity contribution in [3.05, 3.63) is 60.2 Å². The molecule has 2 aromatic carbocycles. The Morgan fingerprint density at radius 2 is 1.50 bits per heavy atom. The van der Waals surface area contributed by atoms with Crippen LogP contribution >= 0.6 is 0 Å². The van der Waals surface area contributed by atoms with E-state index in [1.807, 2.05) is 56.3 Å². The van der Waals surface area contributed by atoms with Crippen LogP contribution in [0.3, 0.4) is 0 Å². The Balaban J connectivity index is 0.000000771. The van der Waals surface area contributed by atoms with Crippen molar-refractivity contribution in [1.82, 2.24) is 0 Å². The quantitative estimate of drug-likeness (QED) is 0.729. The summed E-state index contributed by atoms with van der Waals surface area (Å²) in [4.78, 5) is 11.2. The van der Waals surface area contributed by atoms with Crippen molar-refractivity contribution in [2.24, 2.45) is 0 Å². The molecule has 2 nitrogen and oxygen atoms in total. The molecular formula is C16H18O2. The highest BCUT2D eigenvalue weighted by molar-refractivity contribution is 5.94. The maximum absolute atomic E-state index is 11.2. The highest BCUT2D eigenvalue weighted by Gasteiger charge is 2.01. The minimum absolute atomic E-state index is 0.0403. The third-order valence-electron chi connectivity index (χ3n) is 2.22. The number of carbonyl (C=O) groups is 1. The predicted molar refractivity (Wildman–Crippen MR) is 74.3 cm³/mol.